The summed E-state index contributed by atoms with van der Waals surface area (Å²) in [5, 5.41) is 0. The maximum absolute atomic E-state index is 12.3. The van der Waals surface area contributed by atoms with Crippen LogP contribution in [-0.4, -0.2) is 44.6 Å². The van der Waals surface area contributed by atoms with Gasteiger partial charge >= 0.3 is 0 Å². The molecule has 6 heteroatoms. The van der Waals surface area contributed by atoms with Gasteiger partial charge in [-0.1, -0.05) is 0 Å². The monoisotopic (exact) mass is 279 g/mol. The van der Waals surface area contributed by atoms with Crippen LogP contribution in [0.15, 0.2) is 12.1 Å². The molecule has 0 radical (unpaired) electrons. The Bertz CT molecular complexity index is 515. The molecule has 1 fully saturated rings. The van der Waals surface area contributed by atoms with Gasteiger partial charge in [0.25, 0.3) is 5.91 Å². The molecule has 20 heavy (non-hydrogen) atoms. The van der Waals surface area contributed by atoms with Gasteiger partial charge in [-0.25, -0.2) is 0 Å². The van der Waals surface area contributed by atoms with Gasteiger partial charge in [-0.15, -0.1) is 0 Å². The molecule has 0 N–H and O–H groups in total. The first kappa shape index (κ1) is 14.2. The van der Waals surface area contributed by atoms with E-state index in [-0.39, 0.29) is 11.8 Å². The Kier molecular flexibility index (Phi) is 4.12. The van der Waals surface area contributed by atoms with E-state index in [1.165, 1.54) is 26.2 Å². The minimum absolute atomic E-state index is 0.149. The minimum Gasteiger partial charge on any atom is -0.493 e. The molecule has 1 aliphatic rings. The van der Waals surface area contributed by atoms with E-state index in [4.69, 9.17) is 14.2 Å². The van der Waals surface area contributed by atoms with Gasteiger partial charge in [0.2, 0.25) is 11.7 Å². The van der Waals surface area contributed by atoms with Gasteiger partial charge in [0.1, 0.15) is 0 Å². The second-order valence-corrected chi connectivity index (χ2v) is 4.37. The lowest BCUT2D eigenvalue weighted by Crippen LogP contribution is -2.31. The van der Waals surface area contributed by atoms with Crippen molar-refractivity contribution in [1.29, 1.82) is 0 Å². The molecule has 1 saturated heterocycles. The summed E-state index contributed by atoms with van der Waals surface area (Å²) < 4.78 is 15.6. The lowest BCUT2D eigenvalue weighted by atomic mass is 10.1. The van der Waals surface area contributed by atoms with Gasteiger partial charge < -0.3 is 14.2 Å². The molecule has 1 aromatic rings. The van der Waals surface area contributed by atoms with Crippen molar-refractivity contribution in [3.8, 4) is 17.2 Å². The molecule has 1 heterocycles. The summed E-state index contributed by atoms with van der Waals surface area (Å²) in [6.45, 7) is 0.453. The van der Waals surface area contributed by atoms with Gasteiger partial charge in [-0.05, 0) is 18.6 Å². The van der Waals surface area contributed by atoms with Crippen molar-refractivity contribution in [2.24, 2.45) is 0 Å². The number of carbonyl (C=O) groups is 2. The Labute approximate surface area is 117 Å². The zero-order valence-electron chi connectivity index (χ0n) is 11.8. The fraction of sp³-hybridized carbons (Fsp3) is 0.429. The summed E-state index contributed by atoms with van der Waals surface area (Å²) in [6.07, 6.45) is 1.12. The van der Waals surface area contributed by atoms with Crippen LogP contribution in [0.1, 0.15) is 23.2 Å². The third-order valence-electron chi connectivity index (χ3n) is 3.23. The van der Waals surface area contributed by atoms with Crippen LogP contribution in [0.5, 0.6) is 17.2 Å². The highest BCUT2D eigenvalue weighted by Crippen LogP contribution is 2.38. The summed E-state index contributed by atoms with van der Waals surface area (Å²) in [7, 11) is 4.45. The van der Waals surface area contributed by atoms with Crippen LogP contribution in [0, 0.1) is 0 Å². The molecule has 2 amide bonds. The fourth-order valence-electron chi connectivity index (χ4n) is 2.22. The quantitative estimate of drug-likeness (QED) is 0.781. The van der Waals surface area contributed by atoms with Crippen LogP contribution in [0.2, 0.25) is 0 Å². The molecule has 0 unspecified atom stereocenters. The molecule has 1 aromatic carbocycles. The van der Waals surface area contributed by atoms with Gasteiger partial charge in [-0.2, -0.15) is 0 Å². The second kappa shape index (κ2) is 5.81. The predicted molar refractivity (Wildman–Crippen MR) is 71.4 cm³/mol. The van der Waals surface area contributed by atoms with E-state index in [0.29, 0.717) is 42.2 Å². The summed E-state index contributed by atoms with van der Waals surface area (Å²) in [4.78, 5) is 25.2. The van der Waals surface area contributed by atoms with Crippen LogP contribution in [0.3, 0.4) is 0 Å². The molecule has 1 aliphatic heterocycles. The SMILES string of the molecule is COc1cc(C(=O)N2CCCC2=O)cc(OC)c1OC. The van der Waals surface area contributed by atoms with Crippen LogP contribution in [-0.2, 0) is 4.79 Å². The second-order valence-electron chi connectivity index (χ2n) is 4.37. The van der Waals surface area contributed by atoms with E-state index < -0.39 is 0 Å². The first-order valence-corrected chi connectivity index (χ1v) is 6.27. The van der Waals surface area contributed by atoms with Crippen LogP contribution >= 0.6 is 0 Å². The van der Waals surface area contributed by atoms with Crippen LogP contribution in [0.25, 0.3) is 0 Å². The fourth-order valence-corrected chi connectivity index (χ4v) is 2.22. The molecule has 108 valence electrons. The highest BCUT2D eigenvalue weighted by atomic mass is 16.5. The van der Waals surface area contributed by atoms with Gasteiger partial charge in [0.05, 0.1) is 21.3 Å². The Morgan fingerprint density at radius 1 is 1.10 bits per heavy atom. The Morgan fingerprint density at radius 3 is 2.10 bits per heavy atom. The zero-order valence-corrected chi connectivity index (χ0v) is 11.8. The highest BCUT2D eigenvalue weighted by Gasteiger charge is 2.28. The molecule has 0 bridgehead atoms. The van der Waals surface area contributed by atoms with Crippen LogP contribution < -0.4 is 14.2 Å². The summed E-state index contributed by atoms with van der Waals surface area (Å²) in [6, 6.07) is 3.10. The summed E-state index contributed by atoms with van der Waals surface area (Å²) >= 11 is 0. The molecule has 0 aromatic heterocycles. The van der Waals surface area contributed by atoms with E-state index in [0.717, 1.165) is 0 Å². The molecular formula is C14H17NO5. The van der Waals surface area contributed by atoms with Crippen molar-refractivity contribution in [2.45, 2.75) is 12.8 Å². The standard InChI is InChI=1S/C14H17NO5/c1-18-10-7-9(8-11(19-2)13(10)20-3)14(17)15-6-4-5-12(15)16/h7-8H,4-6H2,1-3H3. The van der Waals surface area contributed by atoms with Gasteiger partial charge in [-0.3, -0.25) is 14.5 Å². The van der Waals surface area contributed by atoms with E-state index in [1.54, 1.807) is 12.1 Å². The van der Waals surface area contributed by atoms with E-state index in [9.17, 15) is 9.59 Å². The topological polar surface area (TPSA) is 65.1 Å². The number of likely N-dealkylation sites (tertiary alicyclic amines) is 1. The number of nitrogens with zero attached hydrogens (tertiary/aromatic N) is 1. The Morgan fingerprint density at radius 2 is 1.70 bits per heavy atom. The van der Waals surface area contributed by atoms with Crippen molar-refractivity contribution >= 4 is 11.8 Å². The van der Waals surface area contributed by atoms with E-state index in [2.05, 4.69) is 0 Å². The predicted octanol–water partition coefficient (Wildman–Crippen LogP) is 1.47. The molecule has 2 rings (SSSR count). The third kappa shape index (κ3) is 2.41. The van der Waals surface area contributed by atoms with Gasteiger partial charge in [0, 0.05) is 18.5 Å². The first-order chi connectivity index (χ1) is 9.62. The number of rotatable bonds is 4. The lowest BCUT2D eigenvalue weighted by molar-refractivity contribution is -0.125. The average Bonchev–Trinajstić information content (AvgIpc) is 2.90. The number of amides is 2. The zero-order chi connectivity index (χ0) is 14.7. The van der Waals surface area contributed by atoms with Crippen molar-refractivity contribution in [3.05, 3.63) is 17.7 Å². The maximum atomic E-state index is 12.3. The van der Waals surface area contributed by atoms with Crippen molar-refractivity contribution in [3.63, 3.8) is 0 Å². The van der Waals surface area contributed by atoms with Crippen molar-refractivity contribution < 1.29 is 23.8 Å². The number of ether oxygens (including phenoxy) is 3. The van der Waals surface area contributed by atoms with Crippen molar-refractivity contribution in [1.82, 2.24) is 4.90 Å². The summed E-state index contributed by atoms with van der Waals surface area (Å²) in [5.74, 6) is 0.707. The van der Waals surface area contributed by atoms with Crippen LogP contribution in [0.4, 0.5) is 0 Å². The minimum atomic E-state index is -0.341. The van der Waals surface area contributed by atoms with E-state index in [1.807, 2.05) is 0 Å². The molecular weight excluding hydrogens is 262 g/mol. The Balaban J connectivity index is 2.41. The number of hydrogen-bond acceptors (Lipinski definition) is 5. The molecule has 6 nitrogen and oxygen atoms in total. The number of carbonyl (C=O) groups excluding carboxylic acids is 2. The Hall–Kier alpha value is -2.24. The average molecular weight is 279 g/mol. The van der Waals surface area contributed by atoms with Crippen molar-refractivity contribution in [2.75, 3.05) is 27.9 Å². The largest absolute Gasteiger partial charge is 0.493 e. The molecule has 0 saturated carbocycles. The molecule has 0 spiro atoms. The van der Waals surface area contributed by atoms with Gasteiger partial charge in [0.15, 0.2) is 11.5 Å². The highest BCUT2D eigenvalue weighted by molar-refractivity contribution is 6.06. The lowest BCUT2D eigenvalue weighted by Gasteiger charge is -2.17. The maximum Gasteiger partial charge on any atom is 0.260 e. The molecule has 0 atom stereocenters. The number of imide groups is 1. The number of methoxy groups -OCH3 is 3. The van der Waals surface area contributed by atoms with E-state index >= 15 is 0 Å². The third-order valence-corrected chi connectivity index (χ3v) is 3.23. The normalized spacial score (nSPS) is 14.3. The first-order valence-electron chi connectivity index (χ1n) is 6.27. The number of hydrogen-bond donors (Lipinski definition) is 0. The smallest absolute Gasteiger partial charge is 0.260 e. The molecule has 0 aliphatic carbocycles. The number of benzene rings is 1. The summed E-state index contributed by atoms with van der Waals surface area (Å²) in [5.41, 5.74) is 0.342.